The predicted molar refractivity (Wildman–Crippen MR) is 108 cm³/mol. The molecule has 4 rings (SSSR count). The van der Waals surface area contributed by atoms with E-state index in [-0.39, 0.29) is 11.3 Å². The Morgan fingerprint density at radius 1 is 0.935 bits per heavy atom. The van der Waals surface area contributed by atoms with Crippen molar-refractivity contribution in [1.82, 2.24) is 0 Å². The Balaban J connectivity index is 1.52. The SMILES string of the molecule is O=c1oc2cc(OCc3ccccc3)ccc2cc1OC1O[C@H](CO)[C@@H](O)[C@H](O)[C@H]1O. The molecule has 164 valence electrons. The second-order valence-corrected chi connectivity index (χ2v) is 7.19. The minimum Gasteiger partial charge on any atom is -0.489 e. The quantitative estimate of drug-likeness (QED) is 0.413. The van der Waals surface area contributed by atoms with Crippen molar-refractivity contribution < 1.29 is 39.1 Å². The zero-order valence-electron chi connectivity index (χ0n) is 16.3. The molecule has 1 aliphatic rings. The van der Waals surface area contributed by atoms with Crippen molar-refractivity contribution in [2.24, 2.45) is 0 Å². The second kappa shape index (κ2) is 9.04. The number of hydrogen-bond donors (Lipinski definition) is 4. The normalized spacial score (nSPS) is 26.0. The Bertz CT molecular complexity index is 1080. The first-order chi connectivity index (χ1) is 15.0. The average molecular weight is 430 g/mol. The highest BCUT2D eigenvalue weighted by atomic mass is 16.7. The number of aliphatic hydroxyl groups excluding tert-OH is 4. The number of ether oxygens (including phenoxy) is 3. The summed E-state index contributed by atoms with van der Waals surface area (Å²) in [6.45, 7) is -0.252. The molecule has 1 unspecified atom stereocenters. The van der Waals surface area contributed by atoms with Gasteiger partial charge in [0.2, 0.25) is 12.0 Å². The van der Waals surface area contributed by atoms with Crippen LogP contribution in [0.4, 0.5) is 0 Å². The molecule has 4 N–H and O–H groups in total. The van der Waals surface area contributed by atoms with Gasteiger partial charge in [0.25, 0.3) is 0 Å². The van der Waals surface area contributed by atoms with Crippen molar-refractivity contribution in [2.75, 3.05) is 6.61 Å². The van der Waals surface area contributed by atoms with Gasteiger partial charge in [-0.15, -0.1) is 0 Å². The van der Waals surface area contributed by atoms with Crippen molar-refractivity contribution >= 4 is 11.0 Å². The maximum atomic E-state index is 12.4. The third-order valence-corrected chi connectivity index (χ3v) is 5.02. The number of hydrogen-bond acceptors (Lipinski definition) is 9. The third-order valence-electron chi connectivity index (χ3n) is 5.02. The van der Waals surface area contributed by atoms with E-state index in [2.05, 4.69) is 0 Å². The van der Waals surface area contributed by atoms with Crippen LogP contribution in [0.15, 0.2) is 63.8 Å². The maximum absolute atomic E-state index is 12.4. The van der Waals surface area contributed by atoms with Gasteiger partial charge in [-0.05, 0) is 23.8 Å². The van der Waals surface area contributed by atoms with Crippen LogP contribution in [-0.4, -0.2) is 57.7 Å². The van der Waals surface area contributed by atoms with E-state index in [1.165, 1.54) is 6.07 Å². The highest BCUT2D eigenvalue weighted by Gasteiger charge is 2.45. The van der Waals surface area contributed by atoms with E-state index >= 15 is 0 Å². The summed E-state index contributed by atoms with van der Waals surface area (Å²) >= 11 is 0. The van der Waals surface area contributed by atoms with Gasteiger partial charge in [0.05, 0.1) is 6.61 Å². The minimum atomic E-state index is -1.64. The van der Waals surface area contributed by atoms with Crippen LogP contribution in [0.1, 0.15) is 5.56 Å². The lowest BCUT2D eigenvalue weighted by Crippen LogP contribution is -2.60. The Hall–Kier alpha value is -2.95. The van der Waals surface area contributed by atoms with E-state index in [9.17, 15) is 25.2 Å². The summed E-state index contributed by atoms with van der Waals surface area (Å²) in [5.74, 6) is 0.261. The van der Waals surface area contributed by atoms with E-state index in [1.807, 2.05) is 30.3 Å². The van der Waals surface area contributed by atoms with Crippen LogP contribution in [0, 0.1) is 0 Å². The molecule has 9 heteroatoms. The molecule has 3 aromatic rings. The first kappa shape index (κ1) is 21.3. The van der Waals surface area contributed by atoms with Crippen molar-refractivity contribution in [3.05, 3.63) is 70.6 Å². The summed E-state index contributed by atoms with van der Waals surface area (Å²) in [6, 6.07) is 16.0. The number of aliphatic hydroxyl groups is 4. The summed E-state index contributed by atoms with van der Waals surface area (Å²) in [4.78, 5) is 12.4. The number of rotatable bonds is 6. The fourth-order valence-corrected chi connectivity index (χ4v) is 3.28. The molecule has 1 fully saturated rings. The summed E-state index contributed by atoms with van der Waals surface area (Å²) in [7, 11) is 0. The van der Waals surface area contributed by atoms with Crippen molar-refractivity contribution in [1.29, 1.82) is 0 Å². The number of fused-ring (bicyclic) bond motifs is 1. The summed E-state index contributed by atoms with van der Waals surface area (Å²) in [5.41, 5.74) is 0.439. The summed E-state index contributed by atoms with van der Waals surface area (Å²) < 4.78 is 21.7. The van der Waals surface area contributed by atoms with Crippen LogP contribution in [0.3, 0.4) is 0 Å². The fourth-order valence-electron chi connectivity index (χ4n) is 3.28. The van der Waals surface area contributed by atoms with Gasteiger partial charge in [-0.2, -0.15) is 0 Å². The molecule has 1 aromatic heterocycles. The molecule has 2 aromatic carbocycles. The van der Waals surface area contributed by atoms with Gasteiger partial charge in [-0.1, -0.05) is 30.3 Å². The molecule has 9 nitrogen and oxygen atoms in total. The van der Waals surface area contributed by atoms with Gasteiger partial charge in [-0.25, -0.2) is 4.79 Å². The zero-order valence-corrected chi connectivity index (χ0v) is 16.3. The molecule has 1 aliphatic heterocycles. The summed E-state index contributed by atoms with van der Waals surface area (Å²) in [6.07, 6.45) is -7.42. The summed E-state index contributed by atoms with van der Waals surface area (Å²) in [5, 5.41) is 39.6. The highest BCUT2D eigenvalue weighted by molar-refractivity contribution is 5.79. The first-order valence-corrected chi connectivity index (χ1v) is 9.68. The lowest BCUT2D eigenvalue weighted by molar-refractivity contribution is -0.277. The van der Waals surface area contributed by atoms with Crippen molar-refractivity contribution in [3.63, 3.8) is 0 Å². The highest BCUT2D eigenvalue weighted by Crippen LogP contribution is 2.26. The van der Waals surface area contributed by atoms with E-state index in [0.29, 0.717) is 17.7 Å². The van der Waals surface area contributed by atoms with Gasteiger partial charge in [0, 0.05) is 11.5 Å². The lowest BCUT2D eigenvalue weighted by atomic mass is 9.99. The Morgan fingerprint density at radius 3 is 2.45 bits per heavy atom. The Kier molecular flexibility index (Phi) is 6.21. The molecule has 0 radical (unpaired) electrons. The van der Waals surface area contributed by atoms with Crippen LogP contribution in [0.25, 0.3) is 11.0 Å². The second-order valence-electron chi connectivity index (χ2n) is 7.19. The maximum Gasteiger partial charge on any atom is 0.379 e. The molecule has 0 bridgehead atoms. The van der Waals surface area contributed by atoms with Gasteiger partial charge in [0.15, 0.2) is 0 Å². The molecule has 2 heterocycles. The molecule has 31 heavy (non-hydrogen) atoms. The fraction of sp³-hybridized carbons (Fsp3) is 0.318. The molecule has 0 aliphatic carbocycles. The predicted octanol–water partition coefficient (Wildman–Crippen LogP) is 0.551. The molecular formula is C22H22O9. The largest absolute Gasteiger partial charge is 0.489 e. The van der Waals surface area contributed by atoms with E-state index < -0.39 is 42.9 Å². The first-order valence-electron chi connectivity index (χ1n) is 9.68. The Morgan fingerprint density at radius 2 is 1.71 bits per heavy atom. The van der Waals surface area contributed by atoms with Crippen LogP contribution < -0.4 is 15.1 Å². The van der Waals surface area contributed by atoms with Crippen LogP contribution in [-0.2, 0) is 11.3 Å². The third kappa shape index (κ3) is 4.55. The lowest BCUT2D eigenvalue weighted by Gasteiger charge is -2.39. The molecule has 1 saturated heterocycles. The minimum absolute atomic E-state index is 0.255. The van der Waals surface area contributed by atoms with Crippen molar-refractivity contribution in [3.8, 4) is 11.5 Å². The standard InChI is InChI=1S/C22H22O9/c23-10-17-18(24)19(25)20(26)22(31-17)30-16-8-13-6-7-14(9-15(13)29-21(16)27)28-11-12-4-2-1-3-5-12/h1-9,17-20,22-26H,10-11H2/t17-,18-,19+,20-,22?/m1/s1. The van der Waals surface area contributed by atoms with Crippen molar-refractivity contribution in [2.45, 2.75) is 37.3 Å². The average Bonchev–Trinajstić information content (AvgIpc) is 2.79. The van der Waals surface area contributed by atoms with Gasteiger partial charge >= 0.3 is 5.63 Å². The molecular weight excluding hydrogens is 408 g/mol. The van der Waals surface area contributed by atoms with E-state index in [1.54, 1.807) is 18.2 Å². The van der Waals surface area contributed by atoms with E-state index in [0.717, 1.165) is 5.56 Å². The smallest absolute Gasteiger partial charge is 0.379 e. The van der Waals surface area contributed by atoms with Crippen LogP contribution in [0.2, 0.25) is 0 Å². The van der Waals surface area contributed by atoms with Crippen LogP contribution >= 0.6 is 0 Å². The van der Waals surface area contributed by atoms with Crippen LogP contribution in [0.5, 0.6) is 11.5 Å². The molecule has 0 saturated carbocycles. The zero-order chi connectivity index (χ0) is 22.0. The topological polar surface area (TPSA) is 139 Å². The monoisotopic (exact) mass is 430 g/mol. The number of benzene rings is 2. The molecule has 0 amide bonds. The van der Waals surface area contributed by atoms with Gasteiger partial charge in [0.1, 0.15) is 42.4 Å². The molecule has 5 atom stereocenters. The van der Waals surface area contributed by atoms with E-state index in [4.69, 9.17) is 18.6 Å². The Labute approximate surface area is 176 Å². The van der Waals surface area contributed by atoms with Gasteiger partial charge < -0.3 is 39.1 Å². The molecule has 0 spiro atoms. The van der Waals surface area contributed by atoms with Gasteiger partial charge in [-0.3, -0.25) is 0 Å².